The van der Waals surface area contributed by atoms with E-state index < -0.39 is 18.1 Å². The molecule has 0 aromatic heterocycles. The van der Waals surface area contributed by atoms with Crippen LogP contribution in [0.5, 0.6) is 0 Å². The van der Waals surface area contributed by atoms with Gasteiger partial charge in [-0.2, -0.15) is 0 Å². The van der Waals surface area contributed by atoms with Crippen molar-refractivity contribution >= 4 is 17.9 Å². The minimum absolute atomic E-state index is 0.0146. The smallest absolute Gasteiger partial charge is 0.306 e. The number of rotatable bonds is 33. The maximum absolute atomic E-state index is 12.5. The number of ether oxygens (including phenoxy) is 3. The standard InChI is InChI=1S/C42H71NO7/c1-6-8-10-12-14-16-17-18-19-20-21-22-23-24-25-27-28-30-32-40(44)49-37-38(36-48-35-34-39(42(46)47)43(3,4)5)50-41(45)33-31-29-26-15-13-11-9-7-2/h14,16-22,26,29,38-39H,6-13,15,23-25,27-28,30-37H2,1-5H3/b16-14+,18-17+,20-19+,22-21+,29-26+. The summed E-state index contributed by atoms with van der Waals surface area (Å²) in [5.74, 6) is -1.84. The Kier molecular flexibility index (Phi) is 31.2. The zero-order chi connectivity index (χ0) is 37.1. The van der Waals surface area contributed by atoms with E-state index in [9.17, 15) is 19.5 Å². The molecule has 0 spiro atoms. The van der Waals surface area contributed by atoms with E-state index in [2.05, 4.69) is 56.4 Å². The predicted molar refractivity (Wildman–Crippen MR) is 203 cm³/mol. The number of allylic oxidation sites excluding steroid dienone is 10. The average Bonchev–Trinajstić information content (AvgIpc) is 3.06. The molecule has 0 rings (SSSR count). The lowest BCUT2D eigenvalue weighted by atomic mass is 10.1. The second-order valence-electron chi connectivity index (χ2n) is 13.9. The van der Waals surface area contributed by atoms with Crippen molar-refractivity contribution < 1.29 is 38.2 Å². The summed E-state index contributed by atoms with van der Waals surface area (Å²) >= 11 is 0. The summed E-state index contributed by atoms with van der Waals surface area (Å²) in [6.45, 7) is 4.48. The number of quaternary nitrogens is 1. The molecule has 0 aromatic rings. The molecule has 0 saturated carbocycles. The molecule has 0 aliphatic heterocycles. The second-order valence-corrected chi connectivity index (χ2v) is 13.9. The molecule has 50 heavy (non-hydrogen) atoms. The lowest BCUT2D eigenvalue weighted by molar-refractivity contribution is -0.889. The van der Waals surface area contributed by atoms with Gasteiger partial charge in [0.05, 0.1) is 40.3 Å². The number of carboxylic acids is 1. The van der Waals surface area contributed by atoms with Crippen LogP contribution in [0.2, 0.25) is 0 Å². The molecule has 0 aliphatic rings. The van der Waals surface area contributed by atoms with E-state index in [-0.39, 0.29) is 49.1 Å². The van der Waals surface area contributed by atoms with Crippen molar-refractivity contribution in [3.05, 3.63) is 60.8 Å². The highest BCUT2D eigenvalue weighted by molar-refractivity contribution is 5.70. The van der Waals surface area contributed by atoms with Crippen molar-refractivity contribution in [3.63, 3.8) is 0 Å². The van der Waals surface area contributed by atoms with Crippen LogP contribution >= 0.6 is 0 Å². The molecular weight excluding hydrogens is 630 g/mol. The molecular formula is C42H71NO7. The maximum Gasteiger partial charge on any atom is 0.306 e. The van der Waals surface area contributed by atoms with Crippen LogP contribution in [0.1, 0.15) is 136 Å². The van der Waals surface area contributed by atoms with Gasteiger partial charge in [0, 0.05) is 19.3 Å². The van der Waals surface area contributed by atoms with E-state index in [0.717, 1.165) is 57.8 Å². The quantitative estimate of drug-likeness (QED) is 0.0222. The van der Waals surface area contributed by atoms with E-state index in [0.29, 0.717) is 12.8 Å². The van der Waals surface area contributed by atoms with Crippen LogP contribution in [-0.4, -0.2) is 75.5 Å². The Labute approximate surface area is 305 Å². The normalized spacial score (nSPS) is 13.7. The second kappa shape index (κ2) is 33.2. The fraction of sp³-hybridized carbons (Fsp3) is 0.690. The molecule has 0 aliphatic carbocycles. The van der Waals surface area contributed by atoms with Crippen molar-refractivity contribution in [2.45, 2.75) is 148 Å². The van der Waals surface area contributed by atoms with Gasteiger partial charge in [0.1, 0.15) is 12.6 Å². The Morgan fingerprint density at radius 2 is 1.12 bits per heavy atom. The van der Waals surface area contributed by atoms with Crippen LogP contribution in [0.4, 0.5) is 0 Å². The summed E-state index contributed by atoms with van der Waals surface area (Å²) in [7, 11) is 5.36. The minimum Gasteiger partial charge on any atom is -0.544 e. The Morgan fingerprint density at radius 1 is 0.600 bits per heavy atom. The highest BCUT2D eigenvalue weighted by Crippen LogP contribution is 2.11. The van der Waals surface area contributed by atoms with E-state index in [1.54, 1.807) is 21.1 Å². The van der Waals surface area contributed by atoms with Crippen LogP contribution < -0.4 is 5.11 Å². The van der Waals surface area contributed by atoms with Gasteiger partial charge < -0.3 is 28.6 Å². The molecule has 8 heteroatoms. The van der Waals surface area contributed by atoms with Crippen LogP contribution in [0.3, 0.4) is 0 Å². The summed E-state index contributed by atoms with van der Waals surface area (Å²) in [5.41, 5.74) is 0. The molecule has 2 atom stereocenters. The molecule has 286 valence electrons. The summed E-state index contributed by atoms with van der Waals surface area (Å²) in [5, 5.41) is 11.6. The van der Waals surface area contributed by atoms with Gasteiger partial charge in [-0.25, -0.2) is 0 Å². The first-order valence-corrected chi connectivity index (χ1v) is 19.4. The molecule has 0 radical (unpaired) electrons. The molecule has 2 unspecified atom stereocenters. The van der Waals surface area contributed by atoms with Gasteiger partial charge in [-0.15, -0.1) is 0 Å². The van der Waals surface area contributed by atoms with Gasteiger partial charge in [0.15, 0.2) is 6.10 Å². The number of carbonyl (C=O) groups is 3. The maximum atomic E-state index is 12.5. The number of carboxylic acid groups (broad SMARTS) is 1. The molecule has 8 nitrogen and oxygen atoms in total. The molecule has 0 aromatic carbocycles. The highest BCUT2D eigenvalue weighted by Gasteiger charge is 2.25. The number of nitrogens with zero attached hydrogens (tertiary/aromatic N) is 1. The topological polar surface area (TPSA) is 102 Å². The molecule has 0 bridgehead atoms. The van der Waals surface area contributed by atoms with E-state index in [4.69, 9.17) is 14.2 Å². The Bertz CT molecular complexity index is 1010. The van der Waals surface area contributed by atoms with Crippen molar-refractivity contribution in [1.82, 2.24) is 0 Å². The average molecular weight is 702 g/mol. The van der Waals surface area contributed by atoms with Crippen molar-refractivity contribution in [3.8, 4) is 0 Å². The fourth-order valence-corrected chi connectivity index (χ4v) is 5.16. The first-order valence-electron chi connectivity index (χ1n) is 19.4. The lowest BCUT2D eigenvalue weighted by Crippen LogP contribution is -2.55. The SMILES string of the molecule is CCCCC/C=C/C=C/C=C/C=C/CCCCCCCC(=O)OCC(COCCC(C(=O)[O-])[N+](C)(C)C)OC(=O)CC/C=C/CCCCCC. The van der Waals surface area contributed by atoms with Crippen LogP contribution in [0, 0.1) is 0 Å². The van der Waals surface area contributed by atoms with Gasteiger partial charge in [0.2, 0.25) is 0 Å². The Morgan fingerprint density at radius 3 is 1.74 bits per heavy atom. The molecule has 0 fully saturated rings. The first-order chi connectivity index (χ1) is 24.1. The Balaban J connectivity index is 4.43. The lowest BCUT2D eigenvalue weighted by Gasteiger charge is -2.34. The summed E-state index contributed by atoms with van der Waals surface area (Å²) in [6.07, 6.45) is 38.4. The number of esters is 2. The van der Waals surface area contributed by atoms with Crippen LogP contribution in [0.15, 0.2) is 60.8 Å². The summed E-state index contributed by atoms with van der Waals surface area (Å²) in [4.78, 5) is 36.5. The largest absolute Gasteiger partial charge is 0.544 e. The summed E-state index contributed by atoms with van der Waals surface area (Å²) < 4.78 is 17.0. The van der Waals surface area contributed by atoms with E-state index in [1.807, 2.05) is 18.2 Å². The number of hydrogen-bond donors (Lipinski definition) is 0. The predicted octanol–water partition coefficient (Wildman–Crippen LogP) is 8.52. The molecule has 0 heterocycles. The van der Waals surface area contributed by atoms with E-state index in [1.165, 1.54) is 38.5 Å². The molecule has 0 amide bonds. The van der Waals surface area contributed by atoms with E-state index >= 15 is 0 Å². The number of unbranched alkanes of at least 4 members (excludes halogenated alkanes) is 12. The molecule has 0 N–H and O–H groups in total. The number of carbonyl (C=O) groups excluding carboxylic acids is 3. The van der Waals surface area contributed by atoms with Crippen molar-refractivity contribution in [2.75, 3.05) is 41.0 Å². The van der Waals surface area contributed by atoms with Crippen LogP contribution in [0.25, 0.3) is 0 Å². The van der Waals surface area contributed by atoms with Gasteiger partial charge in [0.25, 0.3) is 0 Å². The number of aliphatic carboxylic acids is 1. The van der Waals surface area contributed by atoms with Crippen molar-refractivity contribution in [2.24, 2.45) is 0 Å². The Hall–Kier alpha value is -2.97. The van der Waals surface area contributed by atoms with Gasteiger partial charge in [-0.05, 0) is 51.4 Å². The monoisotopic (exact) mass is 702 g/mol. The number of likely N-dealkylation sites (N-methyl/N-ethyl adjacent to an activating group) is 1. The zero-order valence-corrected chi connectivity index (χ0v) is 32.3. The van der Waals surface area contributed by atoms with Gasteiger partial charge in [-0.3, -0.25) is 9.59 Å². The molecule has 0 saturated heterocycles. The minimum atomic E-state index is -1.14. The third-order valence-corrected chi connectivity index (χ3v) is 8.23. The zero-order valence-electron chi connectivity index (χ0n) is 32.3. The summed E-state index contributed by atoms with van der Waals surface area (Å²) in [6, 6.07) is -0.735. The van der Waals surface area contributed by atoms with Crippen LogP contribution in [-0.2, 0) is 28.6 Å². The third kappa shape index (κ3) is 31.0. The number of hydrogen-bond acceptors (Lipinski definition) is 7. The highest BCUT2D eigenvalue weighted by atomic mass is 16.6. The van der Waals surface area contributed by atoms with Crippen molar-refractivity contribution in [1.29, 1.82) is 0 Å². The fourth-order valence-electron chi connectivity index (χ4n) is 5.16. The first kappa shape index (κ1) is 47.0. The van der Waals surface area contributed by atoms with Gasteiger partial charge in [-0.1, -0.05) is 126 Å². The van der Waals surface area contributed by atoms with Gasteiger partial charge >= 0.3 is 11.9 Å². The third-order valence-electron chi connectivity index (χ3n) is 8.23.